The van der Waals surface area contributed by atoms with Crippen molar-refractivity contribution in [3.05, 3.63) is 77.6 Å². The number of rotatable bonds is 5. The molecule has 37 heavy (non-hydrogen) atoms. The number of hydrogen-bond acceptors (Lipinski definition) is 5. The second kappa shape index (κ2) is 11.0. The lowest BCUT2D eigenvalue weighted by Gasteiger charge is -2.36. The number of alkyl carbamates (subject to hydrolysis) is 1. The molecule has 0 aliphatic carbocycles. The molecule has 1 aliphatic heterocycles. The molecule has 0 saturated carbocycles. The molecule has 0 radical (unpaired) electrons. The normalized spacial score (nSPS) is 14.2. The van der Waals surface area contributed by atoms with Crippen molar-refractivity contribution in [1.29, 1.82) is 0 Å². The van der Waals surface area contributed by atoms with Crippen molar-refractivity contribution >= 4 is 23.4 Å². The third-order valence-electron chi connectivity index (χ3n) is 6.26. The summed E-state index contributed by atoms with van der Waals surface area (Å²) in [6.07, 6.45) is 4.56. The van der Waals surface area contributed by atoms with Crippen LogP contribution in [0.15, 0.2) is 60.9 Å². The number of aryl methyl sites for hydroxylation is 2. The van der Waals surface area contributed by atoms with E-state index in [4.69, 9.17) is 4.74 Å². The average Bonchev–Trinajstić information content (AvgIpc) is 2.83. The minimum atomic E-state index is -0.537. The lowest BCUT2D eigenvalue weighted by atomic mass is 9.98. The van der Waals surface area contributed by atoms with Crippen LogP contribution in [0.3, 0.4) is 0 Å². The summed E-state index contributed by atoms with van der Waals surface area (Å²) in [6, 6.07) is 16.0. The van der Waals surface area contributed by atoms with Crippen molar-refractivity contribution in [1.82, 2.24) is 10.3 Å². The van der Waals surface area contributed by atoms with Gasteiger partial charge in [-0.2, -0.15) is 0 Å². The monoisotopic (exact) mass is 500 g/mol. The number of piperidine rings is 1. The molecule has 2 aromatic carbocycles. The van der Waals surface area contributed by atoms with Crippen molar-refractivity contribution in [3.63, 3.8) is 0 Å². The maximum absolute atomic E-state index is 13.6. The molecular formula is C30H36N4O3. The van der Waals surface area contributed by atoms with Gasteiger partial charge in [-0.15, -0.1) is 0 Å². The summed E-state index contributed by atoms with van der Waals surface area (Å²) in [5, 5.41) is 6.07. The highest BCUT2D eigenvalue weighted by Gasteiger charge is 2.28. The van der Waals surface area contributed by atoms with E-state index in [2.05, 4.69) is 26.6 Å². The summed E-state index contributed by atoms with van der Waals surface area (Å²) < 4.78 is 5.43. The fourth-order valence-electron chi connectivity index (χ4n) is 4.76. The summed E-state index contributed by atoms with van der Waals surface area (Å²) in [7, 11) is 0. The number of nitrogens with one attached hydrogen (secondary N) is 2. The first kappa shape index (κ1) is 26.2. The van der Waals surface area contributed by atoms with Crippen LogP contribution in [0.5, 0.6) is 0 Å². The first-order valence-corrected chi connectivity index (χ1v) is 12.8. The van der Waals surface area contributed by atoms with Crippen LogP contribution >= 0.6 is 0 Å². The first-order chi connectivity index (χ1) is 17.6. The van der Waals surface area contributed by atoms with Crippen LogP contribution in [0, 0.1) is 13.8 Å². The Labute approximate surface area is 219 Å². The van der Waals surface area contributed by atoms with E-state index in [1.54, 1.807) is 6.20 Å². The SMILES string of the molecule is Cc1cc(C)cc(NC(=O)c2cncc(-c3ccccc3)c2N2CCC(NC(=O)OC(C)(C)C)CC2)c1. The average molecular weight is 501 g/mol. The van der Waals surface area contributed by atoms with Crippen LogP contribution in [0.1, 0.15) is 55.1 Å². The molecule has 0 spiro atoms. The van der Waals surface area contributed by atoms with Crippen LogP contribution in [-0.4, -0.2) is 41.7 Å². The van der Waals surface area contributed by atoms with Gasteiger partial charge in [0, 0.05) is 42.8 Å². The molecule has 3 aromatic rings. The molecule has 194 valence electrons. The van der Waals surface area contributed by atoms with Gasteiger partial charge in [0.25, 0.3) is 5.91 Å². The molecule has 2 amide bonds. The minimum absolute atomic E-state index is 0.0145. The predicted molar refractivity (Wildman–Crippen MR) is 148 cm³/mol. The summed E-state index contributed by atoms with van der Waals surface area (Å²) in [6.45, 7) is 11.0. The Bertz CT molecular complexity index is 1240. The third kappa shape index (κ3) is 6.88. The molecule has 4 rings (SSSR count). The Morgan fingerprint density at radius 2 is 1.62 bits per heavy atom. The first-order valence-electron chi connectivity index (χ1n) is 12.8. The maximum Gasteiger partial charge on any atom is 0.407 e. The summed E-state index contributed by atoms with van der Waals surface area (Å²) in [5.41, 5.74) is 5.70. The zero-order chi connectivity index (χ0) is 26.6. The van der Waals surface area contributed by atoms with Gasteiger partial charge in [-0.25, -0.2) is 4.79 Å². The van der Waals surface area contributed by atoms with E-state index < -0.39 is 11.7 Å². The Morgan fingerprint density at radius 1 is 0.973 bits per heavy atom. The van der Waals surface area contributed by atoms with Gasteiger partial charge in [0.15, 0.2) is 0 Å². The van der Waals surface area contributed by atoms with Gasteiger partial charge in [-0.05, 0) is 76.3 Å². The number of hydrogen-bond donors (Lipinski definition) is 2. The summed E-state index contributed by atoms with van der Waals surface area (Å²) >= 11 is 0. The van der Waals surface area contributed by atoms with Crippen LogP contribution in [0.25, 0.3) is 11.1 Å². The Hall–Kier alpha value is -3.87. The highest BCUT2D eigenvalue weighted by Crippen LogP contribution is 2.35. The molecule has 0 unspecified atom stereocenters. The molecule has 0 bridgehead atoms. The number of benzene rings is 2. The van der Waals surface area contributed by atoms with E-state index in [-0.39, 0.29) is 11.9 Å². The van der Waals surface area contributed by atoms with Crippen molar-refractivity contribution < 1.29 is 14.3 Å². The third-order valence-corrected chi connectivity index (χ3v) is 6.26. The van der Waals surface area contributed by atoms with E-state index in [0.717, 1.165) is 46.5 Å². The molecule has 1 saturated heterocycles. The van der Waals surface area contributed by atoms with Crippen LogP contribution in [0.4, 0.5) is 16.2 Å². The Morgan fingerprint density at radius 3 is 2.24 bits per heavy atom. The quantitative estimate of drug-likeness (QED) is 0.442. The second-order valence-electron chi connectivity index (χ2n) is 10.7. The highest BCUT2D eigenvalue weighted by atomic mass is 16.6. The minimum Gasteiger partial charge on any atom is -0.444 e. The highest BCUT2D eigenvalue weighted by molar-refractivity contribution is 6.10. The van der Waals surface area contributed by atoms with Crippen molar-refractivity contribution in [2.75, 3.05) is 23.3 Å². The van der Waals surface area contributed by atoms with Gasteiger partial charge in [0.05, 0.1) is 11.3 Å². The van der Waals surface area contributed by atoms with Crippen LogP contribution < -0.4 is 15.5 Å². The molecule has 0 atom stereocenters. The number of pyridine rings is 1. The Balaban J connectivity index is 1.60. The number of nitrogens with zero attached hydrogens (tertiary/aromatic N) is 2. The van der Waals surface area contributed by atoms with Gasteiger partial charge >= 0.3 is 6.09 Å². The fourth-order valence-corrected chi connectivity index (χ4v) is 4.76. The zero-order valence-electron chi connectivity index (χ0n) is 22.3. The lowest BCUT2D eigenvalue weighted by Crippen LogP contribution is -2.46. The fraction of sp³-hybridized carbons (Fsp3) is 0.367. The van der Waals surface area contributed by atoms with Gasteiger partial charge in [-0.1, -0.05) is 36.4 Å². The van der Waals surface area contributed by atoms with Crippen molar-refractivity contribution in [3.8, 4) is 11.1 Å². The van der Waals surface area contributed by atoms with E-state index in [9.17, 15) is 9.59 Å². The number of aromatic nitrogens is 1. The molecule has 7 nitrogen and oxygen atoms in total. The van der Waals surface area contributed by atoms with Gasteiger partial charge in [-0.3, -0.25) is 9.78 Å². The van der Waals surface area contributed by atoms with Gasteiger partial charge < -0.3 is 20.3 Å². The topological polar surface area (TPSA) is 83.6 Å². The van der Waals surface area contributed by atoms with Crippen molar-refractivity contribution in [2.45, 2.75) is 59.1 Å². The summed E-state index contributed by atoms with van der Waals surface area (Å²) in [4.78, 5) is 32.5. The largest absolute Gasteiger partial charge is 0.444 e. The van der Waals surface area contributed by atoms with Crippen molar-refractivity contribution in [2.24, 2.45) is 0 Å². The molecule has 1 aromatic heterocycles. The number of carbonyl (C=O) groups is 2. The molecular weight excluding hydrogens is 464 g/mol. The molecule has 2 N–H and O–H groups in total. The molecule has 7 heteroatoms. The van der Waals surface area contributed by atoms with E-state index >= 15 is 0 Å². The Kier molecular flexibility index (Phi) is 7.81. The van der Waals surface area contributed by atoms with Crippen LogP contribution in [0.2, 0.25) is 0 Å². The van der Waals surface area contributed by atoms with E-state index in [0.29, 0.717) is 18.7 Å². The predicted octanol–water partition coefficient (Wildman–Crippen LogP) is 6.11. The van der Waals surface area contributed by atoms with Crippen LogP contribution in [-0.2, 0) is 4.74 Å². The van der Waals surface area contributed by atoms with Gasteiger partial charge in [0.2, 0.25) is 0 Å². The maximum atomic E-state index is 13.6. The number of anilines is 2. The molecule has 1 fully saturated rings. The number of carbonyl (C=O) groups excluding carboxylic acids is 2. The lowest BCUT2D eigenvalue weighted by molar-refractivity contribution is 0.0497. The van der Waals surface area contributed by atoms with Gasteiger partial charge in [0.1, 0.15) is 5.60 Å². The zero-order valence-corrected chi connectivity index (χ0v) is 22.3. The summed E-state index contributed by atoms with van der Waals surface area (Å²) in [5.74, 6) is -0.195. The van der Waals surface area contributed by atoms with E-state index in [1.165, 1.54) is 0 Å². The number of ether oxygens (including phenoxy) is 1. The molecule has 1 aliphatic rings. The smallest absolute Gasteiger partial charge is 0.407 e. The number of amides is 2. The molecule has 2 heterocycles. The standard InChI is InChI=1S/C30H36N4O3/c1-20-15-21(2)17-24(16-20)32-28(35)26-19-31-18-25(22-9-7-6-8-10-22)27(26)34-13-11-23(12-14-34)33-29(36)37-30(3,4)5/h6-10,15-19,23H,11-14H2,1-5H3,(H,32,35)(H,33,36). The second-order valence-corrected chi connectivity index (χ2v) is 10.7. The van der Waals surface area contributed by atoms with E-state index in [1.807, 2.05) is 83.3 Å².